The van der Waals surface area contributed by atoms with Gasteiger partial charge in [-0.05, 0) is 44.5 Å². The SMILES string of the molecule is CC1(C(=O)NCCSC(F)(F)F)CCCCN1.Cl. The molecule has 0 saturated carbocycles. The summed E-state index contributed by atoms with van der Waals surface area (Å²) < 4.78 is 35.5. The van der Waals surface area contributed by atoms with Crippen LogP contribution in [0.15, 0.2) is 0 Å². The molecule has 0 bridgehead atoms. The van der Waals surface area contributed by atoms with Gasteiger partial charge in [-0.25, -0.2) is 0 Å². The van der Waals surface area contributed by atoms with Crippen LogP contribution in [0.2, 0.25) is 0 Å². The van der Waals surface area contributed by atoms with Gasteiger partial charge in [0.05, 0.1) is 5.54 Å². The second-order valence-electron chi connectivity index (χ2n) is 4.27. The third kappa shape index (κ3) is 6.15. The minimum Gasteiger partial charge on any atom is -0.354 e. The van der Waals surface area contributed by atoms with Gasteiger partial charge in [0, 0.05) is 12.3 Å². The molecule has 1 rings (SSSR count). The van der Waals surface area contributed by atoms with E-state index in [9.17, 15) is 18.0 Å². The molecule has 18 heavy (non-hydrogen) atoms. The molecule has 1 amide bonds. The van der Waals surface area contributed by atoms with Crippen molar-refractivity contribution < 1.29 is 18.0 Å². The summed E-state index contributed by atoms with van der Waals surface area (Å²) in [4.78, 5) is 11.8. The van der Waals surface area contributed by atoms with Crippen LogP contribution in [0.4, 0.5) is 13.2 Å². The first-order valence-electron chi connectivity index (χ1n) is 5.57. The topological polar surface area (TPSA) is 41.1 Å². The van der Waals surface area contributed by atoms with Gasteiger partial charge in [0.25, 0.3) is 0 Å². The van der Waals surface area contributed by atoms with Crippen molar-refractivity contribution in [2.75, 3.05) is 18.8 Å². The summed E-state index contributed by atoms with van der Waals surface area (Å²) in [5.41, 5.74) is -4.85. The van der Waals surface area contributed by atoms with E-state index in [0.29, 0.717) is 0 Å². The molecule has 1 aliphatic heterocycles. The van der Waals surface area contributed by atoms with Crippen molar-refractivity contribution in [2.45, 2.75) is 37.2 Å². The maximum atomic E-state index is 11.8. The fourth-order valence-corrected chi connectivity index (χ4v) is 2.21. The van der Waals surface area contributed by atoms with Crippen molar-refractivity contribution in [1.29, 1.82) is 0 Å². The largest absolute Gasteiger partial charge is 0.441 e. The van der Waals surface area contributed by atoms with Crippen LogP contribution in [0.25, 0.3) is 0 Å². The van der Waals surface area contributed by atoms with Crippen LogP contribution in [-0.4, -0.2) is 35.8 Å². The molecule has 1 unspecified atom stereocenters. The number of hydrogen-bond donors (Lipinski definition) is 2. The molecule has 1 fully saturated rings. The summed E-state index contributed by atoms with van der Waals surface area (Å²) in [6.45, 7) is 2.61. The van der Waals surface area contributed by atoms with E-state index in [4.69, 9.17) is 0 Å². The average molecular weight is 307 g/mol. The minimum absolute atomic E-state index is 0. The van der Waals surface area contributed by atoms with Gasteiger partial charge >= 0.3 is 5.51 Å². The number of alkyl halides is 3. The second-order valence-corrected chi connectivity index (χ2v) is 5.43. The lowest BCUT2D eigenvalue weighted by atomic mass is 9.90. The third-order valence-electron chi connectivity index (χ3n) is 2.77. The molecule has 0 aliphatic carbocycles. The number of thioether (sulfide) groups is 1. The molecule has 1 heterocycles. The lowest BCUT2D eigenvalue weighted by Gasteiger charge is -2.33. The summed E-state index contributed by atoms with van der Waals surface area (Å²) in [5, 5.41) is 5.65. The zero-order chi connectivity index (χ0) is 12.9. The van der Waals surface area contributed by atoms with E-state index in [1.165, 1.54) is 0 Å². The lowest BCUT2D eigenvalue weighted by molar-refractivity contribution is -0.127. The van der Waals surface area contributed by atoms with Gasteiger partial charge in [0.15, 0.2) is 0 Å². The zero-order valence-electron chi connectivity index (χ0n) is 10.1. The Morgan fingerprint density at radius 3 is 2.61 bits per heavy atom. The summed E-state index contributed by atoms with van der Waals surface area (Å²) in [6, 6.07) is 0. The van der Waals surface area contributed by atoms with Crippen molar-refractivity contribution in [1.82, 2.24) is 10.6 Å². The summed E-state index contributed by atoms with van der Waals surface area (Å²) in [7, 11) is 0. The molecule has 0 aromatic heterocycles. The van der Waals surface area contributed by atoms with E-state index < -0.39 is 11.0 Å². The molecule has 3 nitrogen and oxygen atoms in total. The maximum Gasteiger partial charge on any atom is 0.441 e. The fourth-order valence-electron chi connectivity index (χ4n) is 1.78. The Hall–Kier alpha value is -0.140. The third-order valence-corrected chi connectivity index (χ3v) is 3.51. The molecule has 1 atom stereocenters. The van der Waals surface area contributed by atoms with Crippen molar-refractivity contribution >= 4 is 30.1 Å². The van der Waals surface area contributed by atoms with Crippen molar-refractivity contribution in [3.05, 3.63) is 0 Å². The van der Waals surface area contributed by atoms with Gasteiger partial charge in [0.1, 0.15) is 0 Å². The van der Waals surface area contributed by atoms with Crippen LogP contribution in [-0.2, 0) is 4.79 Å². The predicted molar refractivity (Wildman–Crippen MR) is 69.0 cm³/mol. The van der Waals surface area contributed by atoms with Gasteiger partial charge in [0.2, 0.25) is 5.91 Å². The van der Waals surface area contributed by atoms with Crippen LogP contribution in [0.5, 0.6) is 0 Å². The molecule has 1 saturated heterocycles. The Balaban J connectivity index is 0.00000289. The monoisotopic (exact) mass is 306 g/mol. The molecule has 108 valence electrons. The Morgan fingerprint density at radius 2 is 2.11 bits per heavy atom. The zero-order valence-corrected chi connectivity index (χ0v) is 11.7. The molecular formula is C10H18ClF3N2OS. The van der Waals surface area contributed by atoms with Gasteiger partial charge in [-0.1, -0.05) is 0 Å². The maximum absolute atomic E-state index is 11.8. The molecule has 0 radical (unpaired) electrons. The molecule has 0 aromatic carbocycles. The van der Waals surface area contributed by atoms with Crippen LogP contribution in [0.1, 0.15) is 26.2 Å². The number of nitrogens with one attached hydrogen (secondary N) is 2. The molecular weight excluding hydrogens is 289 g/mol. The Morgan fingerprint density at radius 1 is 1.44 bits per heavy atom. The first-order chi connectivity index (χ1) is 7.83. The number of piperidine rings is 1. The van der Waals surface area contributed by atoms with Gasteiger partial charge in [-0.3, -0.25) is 4.79 Å². The van der Waals surface area contributed by atoms with Crippen LogP contribution < -0.4 is 10.6 Å². The van der Waals surface area contributed by atoms with Gasteiger partial charge < -0.3 is 10.6 Å². The van der Waals surface area contributed by atoms with E-state index in [-0.39, 0.29) is 42.4 Å². The highest BCUT2D eigenvalue weighted by Gasteiger charge is 2.34. The number of carbonyl (C=O) groups excluding carboxylic acids is 1. The van der Waals surface area contributed by atoms with Crippen LogP contribution >= 0.6 is 24.2 Å². The van der Waals surface area contributed by atoms with Crippen molar-refractivity contribution in [3.8, 4) is 0 Å². The Labute approximate surface area is 115 Å². The van der Waals surface area contributed by atoms with Crippen LogP contribution in [0.3, 0.4) is 0 Å². The first kappa shape index (κ1) is 17.9. The van der Waals surface area contributed by atoms with E-state index >= 15 is 0 Å². The molecule has 0 aromatic rings. The summed E-state index contributed by atoms with van der Waals surface area (Å²) in [6.07, 6.45) is 2.73. The van der Waals surface area contributed by atoms with Crippen LogP contribution in [0, 0.1) is 0 Å². The Bertz CT molecular complexity index is 270. The predicted octanol–water partition coefficient (Wildman–Crippen LogP) is 2.31. The number of amides is 1. The molecule has 8 heteroatoms. The molecule has 2 N–H and O–H groups in total. The smallest absolute Gasteiger partial charge is 0.354 e. The summed E-state index contributed by atoms with van der Waals surface area (Å²) >= 11 is -0.114. The summed E-state index contributed by atoms with van der Waals surface area (Å²) in [5.74, 6) is -0.356. The number of carbonyl (C=O) groups is 1. The lowest BCUT2D eigenvalue weighted by Crippen LogP contribution is -2.57. The number of hydrogen-bond acceptors (Lipinski definition) is 3. The number of rotatable bonds is 4. The van der Waals surface area contributed by atoms with Gasteiger partial charge in [-0.15, -0.1) is 12.4 Å². The number of halogens is 4. The average Bonchev–Trinajstić information content (AvgIpc) is 2.24. The van der Waals surface area contributed by atoms with E-state index in [0.717, 1.165) is 25.8 Å². The minimum atomic E-state index is -4.22. The van der Waals surface area contributed by atoms with E-state index in [1.807, 2.05) is 0 Å². The van der Waals surface area contributed by atoms with Gasteiger partial charge in [-0.2, -0.15) is 13.2 Å². The highest BCUT2D eigenvalue weighted by molar-refractivity contribution is 8.00. The fraction of sp³-hybridized carbons (Fsp3) is 0.900. The first-order valence-corrected chi connectivity index (χ1v) is 6.56. The highest BCUT2D eigenvalue weighted by Crippen LogP contribution is 2.29. The normalized spacial score (nSPS) is 24.2. The highest BCUT2D eigenvalue weighted by atomic mass is 35.5. The van der Waals surface area contributed by atoms with E-state index in [2.05, 4.69) is 10.6 Å². The molecule has 1 aliphatic rings. The van der Waals surface area contributed by atoms with Crippen molar-refractivity contribution in [2.24, 2.45) is 0 Å². The second kappa shape index (κ2) is 7.45. The quantitative estimate of drug-likeness (QED) is 0.783. The molecule has 0 spiro atoms. The van der Waals surface area contributed by atoms with E-state index in [1.54, 1.807) is 6.92 Å². The Kier molecular flexibility index (Phi) is 7.39. The van der Waals surface area contributed by atoms with Crippen molar-refractivity contribution in [3.63, 3.8) is 0 Å². The standard InChI is InChI=1S/C10H17F3N2OS.ClH/c1-9(4-2-3-5-15-9)8(16)14-6-7-17-10(11,12)13;/h15H,2-7H2,1H3,(H,14,16);1H.